The molecule has 2 N–H and O–H groups in total. The molecule has 186 valence electrons. The Kier molecular flexibility index (Phi) is 9.46. The van der Waals surface area contributed by atoms with Gasteiger partial charge in [-0.2, -0.15) is 4.72 Å². The van der Waals surface area contributed by atoms with Gasteiger partial charge in [-0.25, -0.2) is 8.42 Å². The number of hydrogen-bond acceptors (Lipinski definition) is 4. The smallest absolute Gasteiger partial charge is 0.242 e. The quantitative estimate of drug-likeness (QED) is 0.359. The zero-order valence-electron chi connectivity index (χ0n) is 20.6. The Bertz CT molecular complexity index is 1210. The largest absolute Gasteiger partial charge is 0.494 e. The maximum Gasteiger partial charge on any atom is 0.242 e. The highest BCUT2D eigenvalue weighted by Crippen LogP contribution is 2.22. The number of aryl methyl sites for hydroxylation is 2. The fraction of sp³-hybridized carbons (Fsp3) is 0.321. The summed E-state index contributed by atoms with van der Waals surface area (Å²) in [6.45, 7) is 6.31. The molecule has 7 heteroatoms. The van der Waals surface area contributed by atoms with E-state index in [1.54, 1.807) is 19.1 Å². The first-order valence-corrected chi connectivity index (χ1v) is 13.5. The lowest BCUT2D eigenvalue weighted by Gasteiger charge is -2.19. The van der Waals surface area contributed by atoms with Gasteiger partial charge in [0.15, 0.2) is 0 Å². The molecule has 0 spiro atoms. The van der Waals surface area contributed by atoms with E-state index in [-0.39, 0.29) is 11.3 Å². The maximum atomic E-state index is 13.2. The normalized spacial score (nSPS) is 12.2. The average molecular weight is 495 g/mol. The number of unbranched alkanes of at least 4 members (excludes halogenated alkanes) is 1. The van der Waals surface area contributed by atoms with E-state index < -0.39 is 22.0 Å². The van der Waals surface area contributed by atoms with Gasteiger partial charge in [0.1, 0.15) is 11.8 Å². The van der Waals surface area contributed by atoms with Crippen LogP contribution in [0.15, 0.2) is 77.7 Å². The van der Waals surface area contributed by atoms with Crippen molar-refractivity contribution >= 4 is 21.6 Å². The van der Waals surface area contributed by atoms with Gasteiger partial charge in [-0.3, -0.25) is 4.79 Å². The molecule has 3 aromatic rings. The molecule has 0 saturated carbocycles. The van der Waals surface area contributed by atoms with Gasteiger partial charge in [-0.05, 0) is 80.1 Å². The van der Waals surface area contributed by atoms with Crippen molar-refractivity contribution in [1.82, 2.24) is 4.72 Å². The molecule has 0 aliphatic heterocycles. The van der Waals surface area contributed by atoms with Gasteiger partial charge in [-0.15, -0.1) is 0 Å². The standard InChI is InChI=1S/C28H34N2O4S/c1-4-6-10-22-13-15-24(16-14-22)29-28(31)26(20-23-11-8-7-9-12-23)30-35(32,33)25-17-18-27(34-5-2)21(3)19-25/h7-9,11-19,26,30H,4-6,10,20H2,1-3H3,(H,29,31). The van der Waals surface area contributed by atoms with Gasteiger partial charge in [-0.1, -0.05) is 55.8 Å². The van der Waals surface area contributed by atoms with Crippen molar-refractivity contribution in [2.75, 3.05) is 11.9 Å². The van der Waals surface area contributed by atoms with Gasteiger partial charge in [0, 0.05) is 5.69 Å². The summed E-state index contributed by atoms with van der Waals surface area (Å²) >= 11 is 0. The lowest BCUT2D eigenvalue weighted by molar-refractivity contribution is -0.117. The van der Waals surface area contributed by atoms with Crippen LogP contribution in [0.4, 0.5) is 5.69 Å². The summed E-state index contributed by atoms with van der Waals surface area (Å²) in [4.78, 5) is 13.3. The van der Waals surface area contributed by atoms with E-state index in [0.717, 1.165) is 24.8 Å². The van der Waals surface area contributed by atoms with Crippen molar-refractivity contribution in [2.45, 2.75) is 57.4 Å². The van der Waals surface area contributed by atoms with Crippen LogP contribution in [0.1, 0.15) is 43.4 Å². The third kappa shape index (κ3) is 7.67. The van der Waals surface area contributed by atoms with Crippen LogP contribution in [0.3, 0.4) is 0 Å². The van der Waals surface area contributed by atoms with Crippen LogP contribution in [-0.4, -0.2) is 27.0 Å². The highest BCUT2D eigenvalue weighted by Gasteiger charge is 2.26. The van der Waals surface area contributed by atoms with Crippen LogP contribution in [0.5, 0.6) is 5.75 Å². The molecule has 1 atom stereocenters. The SMILES string of the molecule is CCCCc1ccc(NC(=O)C(Cc2ccccc2)NS(=O)(=O)c2ccc(OCC)c(C)c2)cc1. The van der Waals surface area contributed by atoms with Crippen molar-refractivity contribution in [2.24, 2.45) is 0 Å². The Balaban J connectivity index is 1.81. The van der Waals surface area contributed by atoms with E-state index in [1.807, 2.05) is 61.5 Å². The van der Waals surface area contributed by atoms with E-state index >= 15 is 0 Å². The van der Waals surface area contributed by atoms with Crippen LogP contribution >= 0.6 is 0 Å². The number of ether oxygens (including phenoxy) is 1. The van der Waals surface area contributed by atoms with E-state index in [1.165, 1.54) is 11.6 Å². The number of carbonyl (C=O) groups is 1. The minimum atomic E-state index is -3.95. The first-order chi connectivity index (χ1) is 16.8. The number of nitrogens with one attached hydrogen (secondary N) is 2. The number of sulfonamides is 1. The van der Waals surface area contributed by atoms with E-state index in [9.17, 15) is 13.2 Å². The van der Waals surface area contributed by atoms with Crippen LogP contribution in [0.2, 0.25) is 0 Å². The molecular weight excluding hydrogens is 460 g/mol. The van der Waals surface area contributed by atoms with Gasteiger partial charge in [0.05, 0.1) is 11.5 Å². The topological polar surface area (TPSA) is 84.5 Å². The molecule has 0 radical (unpaired) electrons. The predicted molar refractivity (Wildman–Crippen MR) is 140 cm³/mol. The fourth-order valence-electron chi connectivity index (χ4n) is 3.76. The maximum absolute atomic E-state index is 13.2. The second-order valence-corrected chi connectivity index (χ2v) is 10.2. The number of rotatable bonds is 12. The van der Waals surface area contributed by atoms with E-state index in [4.69, 9.17) is 4.74 Å². The number of amides is 1. The second kappa shape index (κ2) is 12.5. The average Bonchev–Trinajstić information content (AvgIpc) is 2.85. The molecule has 0 saturated heterocycles. The minimum absolute atomic E-state index is 0.0876. The summed E-state index contributed by atoms with van der Waals surface area (Å²) in [5.74, 6) is 0.216. The Morgan fingerprint density at radius 3 is 2.29 bits per heavy atom. The summed E-state index contributed by atoms with van der Waals surface area (Å²) < 4.78 is 34.6. The molecule has 1 amide bonds. The summed E-state index contributed by atoms with van der Waals surface area (Å²) in [7, 11) is -3.95. The molecule has 0 aromatic heterocycles. The molecule has 1 unspecified atom stereocenters. The molecule has 3 rings (SSSR count). The lowest BCUT2D eigenvalue weighted by atomic mass is 10.1. The zero-order chi connectivity index (χ0) is 25.3. The summed E-state index contributed by atoms with van der Waals surface area (Å²) in [6, 6.07) is 20.7. The molecule has 0 aliphatic carbocycles. The monoisotopic (exact) mass is 494 g/mol. The molecule has 0 bridgehead atoms. The molecular formula is C28H34N2O4S. The van der Waals surface area contributed by atoms with E-state index in [2.05, 4.69) is 17.0 Å². The van der Waals surface area contributed by atoms with Crippen molar-refractivity contribution < 1.29 is 17.9 Å². The van der Waals surface area contributed by atoms with Crippen molar-refractivity contribution in [3.63, 3.8) is 0 Å². The predicted octanol–water partition coefficient (Wildman–Crippen LogP) is 5.26. The Morgan fingerprint density at radius 1 is 0.943 bits per heavy atom. The van der Waals surface area contributed by atoms with Crippen molar-refractivity contribution in [3.05, 3.63) is 89.5 Å². The van der Waals surface area contributed by atoms with Crippen LogP contribution < -0.4 is 14.8 Å². The molecule has 0 heterocycles. The molecule has 35 heavy (non-hydrogen) atoms. The Labute approximate surface area is 208 Å². The Morgan fingerprint density at radius 2 is 1.66 bits per heavy atom. The Hall–Kier alpha value is -3.16. The third-order valence-corrected chi connectivity index (χ3v) is 7.16. The van der Waals surface area contributed by atoms with Gasteiger partial charge < -0.3 is 10.1 Å². The molecule has 6 nitrogen and oxygen atoms in total. The molecule has 0 aliphatic rings. The van der Waals surface area contributed by atoms with Gasteiger partial charge >= 0.3 is 0 Å². The number of anilines is 1. The summed E-state index contributed by atoms with van der Waals surface area (Å²) in [5.41, 5.74) is 3.40. The van der Waals surface area contributed by atoms with Crippen LogP contribution in [0, 0.1) is 6.92 Å². The van der Waals surface area contributed by atoms with Crippen molar-refractivity contribution in [3.8, 4) is 5.75 Å². The summed E-state index contributed by atoms with van der Waals surface area (Å²) in [6.07, 6.45) is 3.44. The van der Waals surface area contributed by atoms with E-state index in [0.29, 0.717) is 23.6 Å². The minimum Gasteiger partial charge on any atom is -0.494 e. The number of benzene rings is 3. The molecule has 3 aromatic carbocycles. The fourth-order valence-corrected chi connectivity index (χ4v) is 5.04. The highest BCUT2D eigenvalue weighted by molar-refractivity contribution is 7.89. The first-order valence-electron chi connectivity index (χ1n) is 12.0. The first kappa shape index (κ1) is 26.4. The highest BCUT2D eigenvalue weighted by atomic mass is 32.2. The molecule has 0 fully saturated rings. The van der Waals surface area contributed by atoms with Crippen LogP contribution in [0.25, 0.3) is 0 Å². The van der Waals surface area contributed by atoms with Gasteiger partial charge in [0.2, 0.25) is 15.9 Å². The second-order valence-electron chi connectivity index (χ2n) is 8.51. The number of hydrogen-bond donors (Lipinski definition) is 2. The van der Waals surface area contributed by atoms with Crippen molar-refractivity contribution in [1.29, 1.82) is 0 Å². The summed E-state index contributed by atoms with van der Waals surface area (Å²) in [5, 5.41) is 2.87. The lowest BCUT2D eigenvalue weighted by Crippen LogP contribution is -2.45. The van der Waals surface area contributed by atoms with Crippen LogP contribution in [-0.2, 0) is 27.7 Å². The third-order valence-electron chi connectivity index (χ3n) is 5.69. The van der Waals surface area contributed by atoms with Gasteiger partial charge in [0.25, 0.3) is 0 Å². The number of carbonyl (C=O) groups excluding carboxylic acids is 1. The zero-order valence-corrected chi connectivity index (χ0v) is 21.4.